The van der Waals surface area contributed by atoms with E-state index in [0.29, 0.717) is 94.9 Å². The molecule has 2 aliphatic heterocycles. The highest BCUT2D eigenvalue weighted by atomic mass is 16.5. The lowest BCUT2D eigenvalue weighted by molar-refractivity contribution is -0.133. The normalized spacial score (nSPS) is 21.4. The van der Waals surface area contributed by atoms with Crippen LogP contribution < -0.4 is 16.0 Å². The fourth-order valence-electron chi connectivity index (χ4n) is 7.95. The predicted molar refractivity (Wildman–Crippen MR) is 203 cm³/mol. The third kappa shape index (κ3) is 9.77. The van der Waals surface area contributed by atoms with Gasteiger partial charge in [0.2, 0.25) is 17.7 Å². The fraction of sp³-hybridized carbons (Fsp3) is 0.585. The second-order valence-electron chi connectivity index (χ2n) is 16.4. The lowest BCUT2D eigenvalue weighted by Crippen LogP contribution is -2.47. The number of hydrogen-bond donors (Lipinski definition) is 4. The minimum Gasteiger partial charge on any atom is -0.508 e. The van der Waals surface area contributed by atoms with E-state index in [1.165, 1.54) is 0 Å². The van der Waals surface area contributed by atoms with Crippen LogP contribution in [-0.2, 0) is 20.8 Å². The Morgan fingerprint density at radius 1 is 0.786 bits per heavy atom. The molecule has 15 nitrogen and oxygen atoms in total. The van der Waals surface area contributed by atoms with Crippen molar-refractivity contribution in [2.75, 3.05) is 32.7 Å². The first-order valence-corrected chi connectivity index (χ1v) is 20.1. The van der Waals surface area contributed by atoms with E-state index >= 15 is 0 Å². The van der Waals surface area contributed by atoms with E-state index in [1.807, 2.05) is 24.0 Å². The van der Waals surface area contributed by atoms with Crippen molar-refractivity contribution in [3.8, 4) is 5.75 Å². The number of hydrogen-bond acceptors (Lipinski definition) is 10. The molecule has 0 bridgehead atoms. The Labute approximate surface area is 326 Å². The maximum absolute atomic E-state index is 13.0. The molecule has 4 heterocycles. The van der Waals surface area contributed by atoms with Crippen molar-refractivity contribution in [2.45, 2.75) is 115 Å². The largest absolute Gasteiger partial charge is 0.508 e. The molecule has 4 N–H and O–H groups in total. The van der Waals surface area contributed by atoms with Gasteiger partial charge in [0.1, 0.15) is 17.3 Å². The number of phenolic OH excluding ortho intramolecular Hbond substituents is 1. The third-order valence-electron chi connectivity index (χ3n) is 12.0. The number of aromatic hydroxyl groups is 1. The third-order valence-corrected chi connectivity index (χ3v) is 12.0. The molecule has 300 valence electrons. The smallest absolute Gasteiger partial charge is 0.273 e. The highest BCUT2D eigenvalue weighted by Crippen LogP contribution is 2.61. The van der Waals surface area contributed by atoms with Gasteiger partial charge in [0.25, 0.3) is 11.8 Å². The van der Waals surface area contributed by atoms with Crippen LogP contribution >= 0.6 is 0 Å². The quantitative estimate of drug-likeness (QED) is 0.174. The van der Waals surface area contributed by atoms with Gasteiger partial charge in [0.15, 0.2) is 11.4 Å². The molecule has 56 heavy (non-hydrogen) atoms. The Bertz CT molecular complexity index is 1920. The summed E-state index contributed by atoms with van der Waals surface area (Å²) in [7, 11) is 0. The lowest BCUT2D eigenvalue weighted by Gasteiger charge is -2.32. The molecule has 7 rings (SSSR count). The molecule has 4 fully saturated rings. The summed E-state index contributed by atoms with van der Waals surface area (Å²) in [5.41, 5.74) is 2.19. The number of likely N-dealkylation sites (tertiary alicyclic amines) is 2. The van der Waals surface area contributed by atoms with E-state index in [-0.39, 0.29) is 77.4 Å². The summed E-state index contributed by atoms with van der Waals surface area (Å²) >= 11 is 0. The van der Waals surface area contributed by atoms with E-state index in [0.717, 1.165) is 36.1 Å². The first-order valence-electron chi connectivity index (χ1n) is 20.1. The summed E-state index contributed by atoms with van der Waals surface area (Å²) < 4.78 is 10.9. The Kier molecular flexibility index (Phi) is 11.8. The molecule has 15 heteroatoms. The lowest BCUT2D eigenvalue weighted by atomic mass is 9.98. The highest BCUT2D eigenvalue weighted by Gasteiger charge is 2.52. The van der Waals surface area contributed by atoms with Crippen LogP contribution in [0.3, 0.4) is 0 Å². The minimum atomic E-state index is -0.301. The number of nitrogens with zero attached hydrogens (tertiary/aromatic N) is 4. The molecule has 1 aromatic carbocycles. The van der Waals surface area contributed by atoms with Gasteiger partial charge in [-0.2, -0.15) is 0 Å². The average molecular weight is 772 g/mol. The van der Waals surface area contributed by atoms with Crippen molar-refractivity contribution in [1.82, 2.24) is 36.1 Å². The Balaban J connectivity index is 0.749. The van der Waals surface area contributed by atoms with Gasteiger partial charge < -0.3 is 39.9 Å². The van der Waals surface area contributed by atoms with Gasteiger partial charge >= 0.3 is 0 Å². The molecule has 0 radical (unpaired) electrons. The average Bonchev–Trinajstić information content (AvgIpc) is 4.02. The maximum atomic E-state index is 13.0. The first-order chi connectivity index (χ1) is 26.9. The Morgan fingerprint density at radius 3 is 1.95 bits per heavy atom. The van der Waals surface area contributed by atoms with Gasteiger partial charge in [-0.15, -0.1) is 0 Å². The van der Waals surface area contributed by atoms with Crippen LogP contribution in [0.2, 0.25) is 0 Å². The zero-order valence-corrected chi connectivity index (χ0v) is 32.3. The molecule has 3 aromatic rings. The van der Waals surface area contributed by atoms with Crippen LogP contribution in [0, 0.1) is 12.3 Å². The van der Waals surface area contributed by atoms with Gasteiger partial charge in [-0.25, -0.2) is 0 Å². The van der Waals surface area contributed by atoms with Gasteiger partial charge in [0, 0.05) is 88.0 Å². The summed E-state index contributed by atoms with van der Waals surface area (Å²) in [6.45, 7) is 6.43. The SMILES string of the molecule is Cc1cc(CCC(=O)N2CCC(NC(=O)c3cc(C4CC4(C)CCC(=O)NCCC(=O)N4CCC(NC(=O)c5cc(C6CC6)on5)CC4)on3)CC2)ccc1O. The summed E-state index contributed by atoms with van der Waals surface area (Å²) in [4.78, 5) is 67.5. The van der Waals surface area contributed by atoms with Crippen molar-refractivity contribution in [2.24, 2.45) is 5.41 Å². The van der Waals surface area contributed by atoms with E-state index in [1.54, 1.807) is 23.1 Å². The topological polar surface area (TPSA) is 200 Å². The standard InChI is InChI=1S/C41H53N7O8/c1-25-21-26(3-7-33(25)49)4-8-37(51)47-17-11-28(12-18-47)44-40(54)32-23-35(56-46-32)30-24-41(30,2)15-9-36(50)42-16-10-38(52)48-19-13-29(14-20-48)43-39(53)31-22-34(55-45-31)27-5-6-27/h3,7,21-23,27-30,49H,4-6,8-20,24H2,1-2H3,(H,42,50)(H,43,53)(H,44,54). The van der Waals surface area contributed by atoms with Crippen molar-refractivity contribution < 1.29 is 38.1 Å². The number of amides is 5. The molecule has 2 unspecified atom stereocenters. The molecule has 5 amide bonds. The second kappa shape index (κ2) is 16.9. The van der Waals surface area contributed by atoms with E-state index in [2.05, 4.69) is 33.2 Å². The minimum absolute atomic E-state index is 0.0196. The molecule has 2 saturated carbocycles. The summed E-state index contributed by atoms with van der Waals surface area (Å²) in [5, 5.41) is 26.6. The first kappa shape index (κ1) is 39.0. The zero-order valence-electron chi connectivity index (χ0n) is 32.3. The number of nitrogens with one attached hydrogen (secondary N) is 3. The molecule has 0 spiro atoms. The number of carbonyl (C=O) groups excluding carboxylic acids is 5. The van der Waals surface area contributed by atoms with E-state index < -0.39 is 0 Å². The number of phenols is 1. The van der Waals surface area contributed by atoms with Crippen molar-refractivity contribution in [1.29, 1.82) is 0 Å². The van der Waals surface area contributed by atoms with Crippen molar-refractivity contribution >= 4 is 29.5 Å². The molecule has 2 saturated heterocycles. The summed E-state index contributed by atoms with van der Waals surface area (Å²) in [6, 6.07) is 8.72. The van der Waals surface area contributed by atoms with Crippen LogP contribution in [-0.4, -0.2) is 99.6 Å². The van der Waals surface area contributed by atoms with E-state index in [9.17, 15) is 29.1 Å². The highest BCUT2D eigenvalue weighted by molar-refractivity contribution is 5.93. The summed E-state index contributed by atoms with van der Waals surface area (Å²) in [6.07, 6.45) is 7.77. The molecule has 4 aliphatic rings. The number of aromatic nitrogens is 2. The van der Waals surface area contributed by atoms with Crippen LogP contribution in [0.1, 0.15) is 133 Å². The Hall–Kier alpha value is -5.21. The number of carbonyl (C=O) groups is 5. The molecular formula is C41H53N7O8. The van der Waals surface area contributed by atoms with Gasteiger partial charge in [-0.3, -0.25) is 24.0 Å². The molecule has 2 aliphatic carbocycles. The van der Waals surface area contributed by atoms with E-state index in [4.69, 9.17) is 9.05 Å². The monoisotopic (exact) mass is 771 g/mol. The van der Waals surface area contributed by atoms with Crippen LogP contribution in [0.5, 0.6) is 5.75 Å². The fourth-order valence-corrected chi connectivity index (χ4v) is 7.95. The number of benzene rings is 1. The number of aryl methyl sites for hydroxylation is 2. The predicted octanol–water partition coefficient (Wildman–Crippen LogP) is 4.11. The maximum Gasteiger partial charge on any atom is 0.273 e. The second-order valence-corrected chi connectivity index (χ2v) is 16.4. The molecule has 2 aromatic heterocycles. The Morgan fingerprint density at radius 2 is 1.36 bits per heavy atom. The van der Waals surface area contributed by atoms with Crippen molar-refractivity contribution in [3.63, 3.8) is 0 Å². The van der Waals surface area contributed by atoms with Crippen LogP contribution in [0.25, 0.3) is 0 Å². The van der Waals surface area contributed by atoms with Gasteiger partial charge in [-0.05, 0) is 87.3 Å². The van der Waals surface area contributed by atoms with Crippen LogP contribution in [0.4, 0.5) is 0 Å². The molecular weight excluding hydrogens is 718 g/mol. The number of rotatable bonds is 15. The number of piperidine rings is 2. The molecule has 2 atom stereocenters. The van der Waals surface area contributed by atoms with Crippen LogP contribution in [0.15, 0.2) is 39.4 Å². The van der Waals surface area contributed by atoms with Crippen molar-refractivity contribution in [3.05, 3.63) is 64.4 Å². The zero-order chi connectivity index (χ0) is 39.4. The summed E-state index contributed by atoms with van der Waals surface area (Å²) in [5.74, 6) is 1.52. The van der Waals surface area contributed by atoms with Gasteiger partial charge in [0.05, 0.1) is 0 Å². The van der Waals surface area contributed by atoms with Gasteiger partial charge in [-0.1, -0.05) is 29.4 Å².